The summed E-state index contributed by atoms with van der Waals surface area (Å²) in [4.78, 5) is 15.9. The molecular weight excluding hydrogens is 341 g/mol. The van der Waals surface area contributed by atoms with Crippen LogP contribution in [-0.4, -0.2) is 24.0 Å². The molecule has 8 heteroatoms. The first-order chi connectivity index (χ1) is 10.7. The van der Waals surface area contributed by atoms with Gasteiger partial charge in [-0.1, -0.05) is 0 Å². The van der Waals surface area contributed by atoms with Crippen LogP contribution in [0.2, 0.25) is 0 Å². The Hall–Kier alpha value is -1.70. The second-order valence-corrected chi connectivity index (χ2v) is 5.54. The number of thiazole rings is 1. The van der Waals surface area contributed by atoms with E-state index in [2.05, 4.69) is 10.3 Å². The van der Waals surface area contributed by atoms with Crippen molar-refractivity contribution in [3.63, 3.8) is 0 Å². The van der Waals surface area contributed by atoms with Gasteiger partial charge in [-0.05, 0) is 37.1 Å². The molecule has 2 rings (SSSR count). The number of benzene rings is 1. The summed E-state index contributed by atoms with van der Waals surface area (Å²) >= 11 is 1.38. The third kappa shape index (κ3) is 6.52. The fourth-order valence-corrected chi connectivity index (χ4v) is 2.40. The van der Waals surface area contributed by atoms with Crippen LogP contribution in [0.25, 0.3) is 0 Å². The van der Waals surface area contributed by atoms with Gasteiger partial charge in [0.2, 0.25) is 0 Å². The van der Waals surface area contributed by atoms with Crippen molar-refractivity contribution >= 4 is 29.7 Å². The number of aromatic nitrogens is 1. The monoisotopic (exact) mass is 359 g/mol. The summed E-state index contributed by atoms with van der Waals surface area (Å²) in [5.74, 6) is 0.174. The maximum Gasteiger partial charge on any atom is 0.270 e. The maximum atomic E-state index is 12.7. The lowest BCUT2D eigenvalue weighted by Crippen LogP contribution is -2.25. The molecule has 0 aliphatic heterocycles. The fraction of sp³-hybridized carbons (Fsp3) is 0.333. The largest absolute Gasteiger partial charge is 0.494 e. The molecule has 126 valence electrons. The predicted octanol–water partition coefficient (Wildman–Crippen LogP) is 2.75. The van der Waals surface area contributed by atoms with Gasteiger partial charge in [0.1, 0.15) is 22.3 Å². The fourth-order valence-electron chi connectivity index (χ4n) is 1.75. The molecule has 0 spiro atoms. The first kappa shape index (κ1) is 19.3. The smallest absolute Gasteiger partial charge is 0.270 e. The van der Waals surface area contributed by atoms with E-state index < -0.39 is 0 Å². The minimum absolute atomic E-state index is 0. The van der Waals surface area contributed by atoms with Crippen molar-refractivity contribution in [2.75, 3.05) is 13.2 Å². The zero-order valence-corrected chi connectivity index (χ0v) is 14.1. The molecule has 2 aromatic rings. The number of unbranched alkanes of at least 4 members (excludes halogenated alkanes) is 1. The van der Waals surface area contributed by atoms with Crippen molar-refractivity contribution in [1.82, 2.24) is 10.3 Å². The lowest BCUT2D eigenvalue weighted by Gasteiger charge is -2.06. The SMILES string of the molecule is Cl.NCc1nc(C(=O)NCCCCOc2ccc(F)cc2)cs1. The van der Waals surface area contributed by atoms with Crippen LogP contribution in [0, 0.1) is 5.82 Å². The van der Waals surface area contributed by atoms with E-state index in [9.17, 15) is 9.18 Å². The van der Waals surface area contributed by atoms with Crippen molar-refractivity contribution in [3.8, 4) is 5.75 Å². The highest BCUT2D eigenvalue weighted by atomic mass is 35.5. The summed E-state index contributed by atoms with van der Waals surface area (Å²) in [6.07, 6.45) is 1.59. The Morgan fingerprint density at radius 1 is 1.30 bits per heavy atom. The molecule has 1 aromatic carbocycles. The molecule has 0 saturated carbocycles. The number of carbonyl (C=O) groups excluding carboxylic acids is 1. The van der Waals surface area contributed by atoms with Gasteiger partial charge in [-0.3, -0.25) is 4.79 Å². The average molecular weight is 360 g/mol. The number of halogens is 2. The Labute approximate surface area is 144 Å². The quantitative estimate of drug-likeness (QED) is 0.710. The van der Waals surface area contributed by atoms with Crippen LogP contribution in [0.15, 0.2) is 29.6 Å². The minimum atomic E-state index is -0.283. The van der Waals surface area contributed by atoms with Crippen LogP contribution < -0.4 is 15.8 Å². The van der Waals surface area contributed by atoms with Gasteiger partial charge in [-0.25, -0.2) is 9.37 Å². The number of rotatable bonds is 8. The van der Waals surface area contributed by atoms with Gasteiger partial charge in [0.25, 0.3) is 5.91 Å². The second kappa shape index (κ2) is 10.1. The Kier molecular flexibility index (Phi) is 8.53. The van der Waals surface area contributed by atoms with E-state index in [4.69, 9.17) is 10.5 Å². The molecule has 5 nitrogen and oxygen atoms in total. The van der Waals surface area contributed by atoms with Gasteiger partial charge in [0, 0.05) is 18.5 Å². The Bertz CT molecular complexity index is 607. The Morgan fingerprint density at radius 2 is 2.04 bits per heavy atom. The highest BCUT2D eigenvalue weighted by Gasteiger charge is 2.09. The van der Waals surface area contributed by atoms with Crippen LogP contribution in [0.1, 0.15) is 28.3 Å². The van der Waals surface area contributed by atoms with E-state index in [1.165, 1.54) is 23.5 Å². The van der Waals surface area contributed by atoms with Gasteiger partial charge in [-0.2, -0.15) is 0 Å². The molecule has 0 unspecified atom stereocenters. The molecule has 0 atom stereocenters. The molecular formula is C15H19ClFN3O2S. The minimum Gasteiger partial charge on any atom is -0.494 e. The number of nitrogens with zero attached hydrogens (tertiary/aromatic N) is 1. The molecule has 1 amide bonds. The van der Waals surface area contributed by atoms with Gasteiger partial charge < -0.3 is 15.8 Å². The van der Waals surface area contributed by atoms with Crippen molar-refractivity contribution in [2.24, 2.45) is 5.73 Å². The Morgan fingerprint density at radius 3 is 2.70 bits per heavy atom. The summed E-state index contributed by atoms with van der Waals surface area (Å²) in [5, 5.41) is 5.25. The summed E-state index contributed by atoms with van der Waals surface area (Å²) in [5.41, 5.74) is 5.87. The summed E-state index contributed by atoms with van der Waals surface area (Å²) in [6, 6.07) is 5.90. The number of hydrogen-bond acceptors (Lipinski definition) is 5. The normalized spacial score (nSPS) is 10.0. The molecule has 0 aliphatic carbocycles. The van der Waals surface area contributed by atoms with E-state index in [1.54, 1.807) is 17.5 Å². The zero-order chi connectivity index (χ0) is 15.8. The van der Waals surface area contributed by atoms with Crippen LogP contribution in [-0.2, 0) is 6.54 Å². The van der Waals surface area contributed by atoms with Crippen molar-refractivity contribution in [1.29, 1.82) is 0 Å². The van der Waals surface area contributed by atoms with Crippen LogP contribution in [0.3, 0.4) is 0 Å². The van der Waals surface area contributed by atoms with E-state index >= 15 is 0 Å². The third-order valence-electron chi connectivity index (χ3n) is 2.90. The van der Waals surface area contributed by atoms with Gasteiger partial charge in [0.15, 0.2) is 0 Å². The molecule has 1 aromatic heterocycles. The summed E-state index contributed by atoms with van der Waals surface area (Å²) in [7, 11) is 0. The molecule has 0 bridgehead atoms. The number of ether oxygens (including phenoxy) is 1. The molecule has 0 radical (unpaired) electrons. The molecule has 0 saturated heterocycles. The first-order valence-corrected chi connectivity index (χ1v) is 7.88. The van der Waals surface area contributed by atoms with Gasteiger partial charge in [0.05, 0.1) is 6.61 Å². The van der Waals surface area contributed by atoms with Crippen molar-refractivity contribution < 1.29 is 13.9 Å². The summed E-state index contributed by atoms with van der Waals surface area (Å²) in [6.45, 7) is 1.43. The Balaban J connectivity index is 0.00000264. The van der Waals surface area contributed by atoms with Gasteiger partial charge >= 0.3 is 0 Å². The highest BCUT2D eigenvalue weighted by molar-refractivity contribution is 7.09. The topological polar surface area (TPSA) is 77.2 Å². The van der Waals surface area contributed by atoms with Crippen LogP contribution >= 0.6 is 23.7 Å². The summed E-state index contributed by atoms with van der Waals surface area (Å²) < 4.78 is 18.2. The van der Waals surface area contributed by atoms with Crippen LogP contribution in [0.5, 0.6) is 5.75 Å². The maximum absolute atomic E-state index is 12.7. The van der Waals surface area contributed by atoms with Crippen LogP contribution in [0.4, 0.5) is 4.39 Å². The van der Waals surface area contributed by atoms with E-state index in [-0.39, 0.29) is 24.1 Å². The van der Waals surface area contributed by atoms with E-state index in [1.807, 2.05) is 0 Å². The lowest BCUT2D eigenvalue weighted by molar-refractivity contribution is 0.0948. The molecule has 1 heterocycles. The number of hydrogen-bond donors (Lipinski definition) is 2. The first-order valence-electron chi connectivity index (χ1n) is 7.00. The molecule has 0 fully saturated rings. The highest BCUT2D eigenvalue weighted by Crippen LogP contribution is 2.11. The number of nitrogens with two attached hydrogens (primary N) is 1. The third-order valence-corrected chi connectivity index (χ3v) is 3.77. The van der Waals surface area contributed by atoms with Gasteiger partial charge in [-0.15, -0.1) is 23.7 Å². The van der Waals surface area contributed by atoms with E-state index in [0.29, 0.717) is 31.1 Å². The van der Waals surface area contributed by atoms with E-state index in [0.717, 1.165) is 17.8 Å². The molecule has 23 heavy (non-hydrogen) atoms. The van der Waals surface area contributed by atoms with Crippen molar-refractivity contribution in [3.05, 3.63) is 46.2 Å². The number of amides is 1. The average Bonchev–Trinajstić information content (AvgIpc) is 3.01. The molecule has 0 aliphatic rings. The molecule has 3 N–H and O–H groups in total. The number of carbonyl (C=O) groups is 1. The lowest BCUT2D eigenvalue weighted by atomic mass is 10.3. The standard InChI is InChI=1S/C15H18FN3O2S.ClH/c16-11-3-5-12(6-4-11)21-8-2-1-7-18-15(20)13-10-22-14(9-17)19-13;/h3-6,10H,1-2,7-9,17H2,(H,18,20);1H. The number of nitrogens with one attached hydrogen (secondary N) is 1. The zero-order valence-electron chi connectivity index (χ0n) is 12.5. The predicted molar refractivity (Wildman–Crippen MR) is 90.7 cm³/mol. The second-order valence-electron chi connectivity index (χ2n) is 4.60. The van der Waals surface area contributed by atoms with Crippen molar-refractivity contribution in [2.45, 2.75) is 19.4 Å².